The number of amides is 1. The standard InChI is InChI=1S/C11H17N3O4/c1-3-11(4-2,5-15)14-9(16)7-8(10(17)18)13-6-12-7/h6,15H,3-5H2,1-2H3,(H,12,13)(H,14,16)(H,17,18). The number of aliphatic hydroxyl groups is 1. The molecule has 1 amide bonds. The highest BCUT2D eigenvalue weighted by molar-refractivity contribution is 6.02. The molecule has 7 heteroatoms. The second-order valence-electron chi connectivity index (χ2n) is 4.03. The number of H-pyrrole nitrogens is 1. The summed E-state index contributed by atoms with van der Waals surface area (Å²) in [6.07, 6.45) is 2.23. The maximum Gasteiger partial charge on any atom is 0.354 e. The number of carbonyl (C=O) groups is 2. The van der Waals surface area contributed by atoms with E-state index in [1.807, 2.05) is 13.8 Å². The largest absolute Gasteiger partial charge is 0.477 e. The maximum atomic E-state index is 12.0. The Morgan fingerprint density at radius 2 is 2.06 bits per heavy atom. The van der Waals surface area contributed by atoms with E-state index in [-0.39, 0.29) is 18.0 Å². The Hall–Kier alpha value is -1.89. The molecule has 1 heterocycles. The molecule has 0 aromatic carbocycles. The summed E-state index contributed by atoms with van der Waals surface area (Å²) in [4.78, 5) is 28.9. The topological polar surface area (TPSA) is 115 Å². The number of nitrogens with zero attached hydrogens (tertiary/aromatic N) is 1. The maximum absolute atomic E-state index is 12.0. The van der Waals surface area contributed by atoms with Crippen molar-refractivity contribution in [2.24, 2.45) is 0 Å². The Kier molecular flexibility index (Phi) is 4.43. The number of carbonyl (C=O) groups excluding carboxylic acids is 1. The first-order valence-electron chi connectivity index (χ1n) is 5.69. The fourth-order valence-electron chi connectivity index (χ4n) is 1.62. The van der Waals surface area contributed by atoms with Gasteiger partial charge in [0, 0.05) is 0 Å². The summed E-state index contributed by atoms with van der Waals surface area (Å²) in [7, 11) is 0. The molecule has 1 rings (SSSR count). The minimum Gasteiger partial charge on any atom is -0.477 e. The minimum absolute atomic E-state index is 0.178. The van der Waals surface area contributed by atoms with E-state index in [4.69, 9.17) is 5.11 Å². The van der Waals surface area contributed by atoms with Crippen molar-refractivity contribution in [3.05, 3.63) is 17.7 Å². The summed E-state index contributed by atoms with van der Waals surface area (Å²) >= 11 is 0. The van der Waals surface area contributed by atoms with E-state index in [0.29, 0.717) is 12.8 Å². The smallest absolute Gasteiger partial charge is 0.354 e. The lowest BCUT2D eigenvalue weighted by atomic mass is 9.93. The quantitative estimate of drug-likeness (QED) is 0.587. The molecular weight excluding hydrogens is 238 g/mol. The SMILES string of the molecule is CCC(CC)(CO)NC(=O)c1nc[nH]c1C(=O)O. The second kappa shape index (κ2) is 5.63. The average molecular weight is 255 g/mol. The molecular formula is C11H17N3O4. The van der Waals surface area contributed by atoms with Crippen LogP contribution in [0.4, 0.5) is 0 Å². The summed E-state index contributed by atoms with van der Waals surface area (Å²) in [6.45, 7) is 3.46. The van der Waals surface area contributed by atoms with Gasteiger partial charge < -0.3 is 20.5 Å². The summed E-state index contributed by atoms with van der Waals surface area (Å²) in [5.74, 6) is -1.85. The van der Waals surface area contributed by atoms with Crippen LogP contribution in [0.5, 0.6) is 0 Å². The number of carboxylic acid groups (broad SMARTS) is 1. The van der Waals surface area contributed by atoms with Gasteiger partial charge in [0.15, 0.2) is 11.4 Å². The summed E-state index contributed by atoms with van der Waals surface area (Å²) in [6, 6.07) is 0. The summed E-state index contributed by atoms with van der Waals surface area (Å²) < 4.78 is 0. The molecule has 0 fully saturated rings. The third-order valence-corrected chi connectivity index (χ3v) is 3.10. The zero-order valence-corrected chi connectivity index (χ0v) is 10.4. The van der Waals surface area contributed by atoms with E-state index in [2.05, 4.69) is 15.3 Å². The predicted molar refractivity (Wildman–Crippen MR) is 63.4 cm³/mol. The monoisotopic (exact) mass is 255 g/mol. The molecule has 0 saturated carbocycles. The first-order valence-corrected chi connectivity index (χ1v) is 5.69. The molecule has 18 heavy (non-hydrogen) atoms. The van der Waals surface area contributed by atoms with Gasteiger partial charge in [0.05, 0.1) is 18.5 Å². The van der Waals surface area contributed by atoms with Gasteiger partial charge in [0.1, 0.15) is 0 Å². The van der Waals surface area contributed by atoms with Crippen molar-refractivity contribution in [2.75, 3.05) is 6.61 Å². The molecule has 0 radical (unpaired) electrons. The van der Waals surface area contributed by atoms with Gasteiger partial charge in [-0.2, -0.15) is 0 Å². The first-order chi connectivity index (χ1) is 8.49. The van der Waals surface area contributed by atoms with E-state index in [9.17, 15) is 14.7 Å². The molecule has 0 spiro atoms. The van der Waals surface area contributed by atoms with E-state index in [1.165, 1.54) is 0 Å². The van der Waals surface area contributed by atoms with Gasteiger partial charge in [0.25, 0.3) is 5.91 Å². The molecule has 0 aliphatic rings. The zero-order valence-electron chi connectivity index (χ0n) is 10.4. The third kappa shape index (κ3) is 2.67. The number of rotatable bonds is 6. The van der Waals surface area contributed by atoms with Crippen LogP contribution in [0.25, 0.3) is 0 Å². The van der Waals surface area contributed by atoms with Gasteiger partial charge in [-0.25, -0.2) is 9.78 Å². The molecule has 4 N–H and O–H groups in total. The lowest BCUT2D eigenvalue weighted by Crippen LogP contribution is -2.50. The van der Waals surface area contributed by atoms with Crippen LogP contribution >= 0.6 is 0 Å². The van der Waals surface area contributed by atoms with Crippen molar-refractivity contribution < 1.29 is 19.8 Å². The molecule has 1 aromatic heterocycles. The van der Waals surface area contributed by atoms with E-state index < -0.39 is 17.4 Å². The van der Waals surface area contributed by atoms with Crippen LogP contribution in [0.3, 0.4) is 0 Å². The normalized spacial score (nSPS) is 11.3. The van der Waals surface area contributed by atoms with Crippen molar-refractivity contribution in [3.63, 3.8) is 0 Å². The Balaban J connectivity index is 2.94. The number of aromatic carboxylic acids is 1. The van der Waals surface area contributed by atoms with Gasteiger partial charge in [-0.1, -0.05) is 13.8 Å². The Bertz CT molecular complexity index is 429. The Labute approximate surface area is 104 Å². The van der Waals surface area contributed by atoms with Crippen LogP contribution in [-0.2, 0) is 0 Å². The van der Waals surface area contributed by atoms with Crippen LogP contribution in [0, 0.1) is 0 Å². The van der Waals surface area contributed by atoms with Gasteiger partial charge in [-0.05, 0) is 12.8 Å². The van der Waals surface area contributed by atoms with Crippen LogP contribution in [0.2, 0.25) is 0 Å². The highest BCUT2D eigenvalue weighted by atomic mass is 16.4. The molecule has 7 nitrogen and oxygen atoms in total. The molecule has 1 aromatic rings. The molecule has 0 aliphatic carbocycles. The lowest BCUT2D eigenvalue weighted by molar-refractivity contribution is 0.0679. The fraction of sp³-hybridized carbons (Fsp3) is 0.545. The lowest BCUT2D eigenvalue weighted by Gasteiger charge is -2.30. The number of aliphatic hydroxyl groups excluding tert-OH is 1. The van der Waals surface area contributed by atoms with Crippen LogP contribution in [0.1, 0.15) is 47.7 Å². The van der Waals surface area contributed by atoms with Crippen molar-refractivity contribution >= 4 is 11.9 Å². The van der Waals surface area contributed by atoms with Gasteiger partial charge in [0.2, 0.25) is 0 Å². The highest BCUT2D eigenvalue weighted by Gasteiger charge is 2.30. The van der Waals surface area contributed by atoms with Crippen molar-refractivity contribution in [3.8, 4) is 0 Å². The van der Waals surface area contributed by atoms with Crippen molar-refractivity contribution in [1.29, 1.82) is 0 Å². The van der Waals surface area contributed by atoms with E-state index in [0.717, 1.165) is 6.33 Å². The molecule has 100 valence electrons. The van der Waals surface area contributed by atoms with Gasteiger partial charge >= 0.3 is 5.97 Å². The fourth-order valence-corrected chi connectivity index (χ4v) is 1.62. The van der Waals surface area contributed by atoms with Crippen molar-refractivity contribution in [2.45, 2.75) is 32.2 Å². The highest BCUT2D eigenvalue weighted by Crippen LogP contribution is 2.15. The van der Waals surface area contributed by atoms with E-state index >= 15 is 0 Å². The Morgan fingerprint density at radius 3 is 2.50 bits per heavy atom. The van der Waals surface area contributed by atoms with Crippen LogP contribution in [0.15, 0.2) is 6.33 Å². The minimum atomic E-state index is -1.25. The zero-order chi connectivity index (χ0) is 13.8. The summed E-state index contributed by atoms with van der Waals surface area (Å²) in [5.41, 5.74) is -1.18. The number of aromatic nitrogens is 2. The van der Waals surface area contributed by atoms with E-state index in [1.54, 1.807) is 0 Å². The number of hydrogen-bond donors (Lipinski definition) is 4. The molecule has 0 bridgehead atoms. The molecule has 0 unspecified atom stereocenters. The van der Waals surface area contributed by atoms with Crippen LogP contribution < -0.4 is 5.32 Å². The Morgan fingerprint density at radius 1 is 1.44 bits per heavy atom. The first kappa shape index (κ1) is 14.2. The number of hydrogen-bond acceptors (Lipinski definition) is 4. The van der Waals surface area contributed by atoms with Gasteiger partial charge in [-0.15, -0.1) is 0 Å². The number of imidazole rings is 1. The molecule has 0 aliphatic heterocycles. The number of nitrogens with one attached hydrogen (secondary N) is 2. The summed E-state index contributed by atoms with van der Waals surface area (Å²) in [5, 5.41) is 20.9. The molecule has 0 saturated heterocycles. The van der Waals surface area contributed by atoms with Crippen LogP contribution in [-0.4, -0.2) is 44.2 Å². The number of carboxylic acids is 1. The van der Waals surface area contributed by atoms with Gasteiger partial charge in [-0.3, -0.25) is 4.79 Å². The average Bonchev–Trinajstić information content (AvgIpc) is 2.85. The van der Waals surface area contributed by atoms with Crippen molar-refractivity contribution in [1.82, 2.24) is 15.3 Å². The predicted octanol–water partition coefficient (Wildman–Crippen LogP) is 0.389. The number of aromatic amines is 1. The molecule has 0 atom stereocenters. The third-order valence-electron chi connectivity index (χ3n) is 3.10. The second-order valence-corrected chi connectivity index (χ2v) is 4.03.